The van der Waals surface area contributed by atoms with Gasteiger partial charge in [0, 0.05) is 0 Å². The highest BCUT2D eigenvalue weighted by atomic mass is 16.6. The second-order valence-electron chi connectivity index (χ2n) is 2.39. The minimum atomic E-state index is -0.862. The number of aliphatic hydroxyl groups excluding tert-OH is 1. The molecular formula is C8H16O4. The van der Waals surface area contributed by atoms with Crippen molar-refractivity contribution in [3.8, 4) is 0 Å². The molecule has 0 amide bonds. The van der Waals surface area contributed by atoms with E-state index >= 15 is 0 Å². The van der Waals surface area contributed by atoms with Gasteiger partial charge in [0.05, 0.1) is 6.61 Å². The van der Waals surface area contributed by atoms with Crippen molar-refractivity contribution < 1.29 is 19.4 Å². The zero-order valence-corrected chi connectivity index (χ0v) is 7.58. The average Bonchev–Trinajstić information content (AvgIpc) is 2.10. The molecule has 72 valence electrons. The van der Waals surface area contributed by atoms with Crippen molar-refractivity contribution in [3.05, 3.63) is 0 Å². The van der Waals surface area contributed by atoms with Gasteiger partial charge >= 0.3 is 5.97 Å². The van der Waals surface area contributed by atoms with Gasteiger partial charge in [-0.2, -0.15) is 0 Å². The van der Waals surface area contributed by atoms with E-state index in [1.807, 2.05) is 6.92 Å². The first-order chi connectivity index (χ1) is 5.70. The summed E-state index contributed by atoms with van der Waals surface area (Å²) in [6, 6.07) is 0. The van der Waals surface area contributed by atoms with Crippen LogP contribution in [-0.4, -0.2) is 30.6 Å². The number of ether oxygens (including phenoxy) is 2. The van der Waals surface area contributed by atoms with Gasteiger partial charge in [-0.05, 0) is 12.8 Å². The van der Waals surface area contributed by atoms with Crippen LogP contribution in [0.5, 0.6) is 0 Å². The number of aliphatic hydroxyl groups is 1. The molecule has 0 heterocycles. The molecule has 0 aromatic carbocycles. The van der Waals surface area contributed by atoms with E-state index in [4.69, 9.17) is 14.6 Å². The van der Waals surface area contributed by atoms with Crippen LogP contribution in [0.1, 0.15) is 26.7 Å². The molecule has 1 atom stereocenters. The van der Waals surface area contributed by atoms with Gasteiger partial charge in [0.25, 0.3) is 0 Å². The molecular weight excluding hydrogens is 160 g/mol. The Kier molecular flexibility index (Phi) is 6.70. The highest BCUT2D eigenvalue weighted by molar-refractivity contribution is 5.70. The van der Waals surface area contributed by atoms with Crippen molar-refractivity contribution in [3.63, 3.8) is 0 Å². The van der Waals surface area contributed by atoms with E-state index in [0.29, 0.717) is 13.0 Å². The molecule has 0 rings (SSSR count). The van der Waals surface area contributed by atoms with Crippen LogP contribution >= 0.6 is 0 Å². The van der Waals surface area contributed by atoms with Crippen molar-refractivity contribution >= 4 is 5.97 Å². The van der Waals surface area contributed by atoms with Crippen LogP contribution in [0.15, 0.2) is 0 Å². The molecule has 4 heteroatoms. The molecule has 0 fully saturated rings. The Morgan fingerprint density at radius 2 is 2.17 bits per heavy atom. The van der Waals surface area contributed by atoms with Crippen LogP contribution in [-0.2, 0) is 14.3 Å². The molecule has 0 aliphatic rings. The summed E-state index contributed by atoms with van der Waals surface area (Å²) in [4.78, 5) is 10.8. The van der Waals surface area contributed by atoms with Crippen LogP contribution in [0.2, 0.25) is 0 Å². The highest BCUT2D eigenvalue weighted by Gasteiger charge is 2.05. The van der Waals surface area contributed by atoms with E-state index in [0.717, 1.165) is 6.42 Å². The van der Waals surface area contributed by atoms with Crippen LogP contribution in [0.3, 0.4) is 0 Å². The zero-order chi connectivity index (χ0) is 9.40. The topological polar surface area (TPSA) is 55.8 Å². The van der Waals surface area contributed by atoms with Gasteiger partial charge in [0.1, 0.15) is 6.61 Å². The summed E-state index contributed by atoms with van der Waals surface area (Å²) in [5, 5.41) is 8.90. The van der Waals surface area contributed by atoms with Crippen LogP contribution in [0, 0.1) is 0 Å². The summed E-state index contributed by atoms with van der Waals surface area (Å²) < 4.78 is 9.44. The SMILES string of the molecule is CCCOC(=O)COC(O)CC. The van der Waals surface area contributed by atoms with Gasteiger partial charge in [0.15, 0.2) is 6.29 Å². The molecule has 0 aliphatic heterocycles. The molecule has 0 bridgehead atoms. The highest BCUT2D eigenvalue weighted by Crippen LogP contribution is 1.93. The number of hydrogen-bond donors (Lipinski definition) is 1. The number of esters is 1. The maximum atomic E-state index is 10.8. The van der Waals surface area contributed by atoms with E-state index < -0.39 is 12.3 Å². The van der Waals surface area contributed by atoms with Gasteiger partial charge in [-0.3, -0.25) is 0 Å². The zero-order valence-electron chi connectivity index (χ0n) is 7.58. The third-order valence-corrected chi connectivity index (χ3v) is 1.21. The number of carbonyl (C=O) groups excluding carboxylic acids is 1. The largest absolute Gasteiger partial charge is 0.464 e. The predicted molar refractivity (Wildman–Crippen MR) is 43.5 cm³/mol. The quantitative estimate of drug-likeness (QED) is 0.477. The monoisotopic (exact) mass is 176 g/mol. The minimum absolute atomic E-state index is 0.172. The Hall–Kier alpha value is -0.610. The lowest BCUT2D eigenvalue weighted by Gasteiger charge is -2.08. The Labute approximate surface area is 72.5 Å². The normalized spacial score (nSPS) is 12.6. The molecule has 0 aromatic heterocycles. The van der Waals surface area contributed by atoms with Gasteiger partial charge < -0.3 is 14.6 Å². The molecule has 12 heavy (non-hydrogen) atoms. The van der Waals surface area contributed by atoms with Crippen molar-refractivity contribution in [1.29, 1.82) is 0 Å². The molecule has 0 radical (unpaired) electrons. The lowest BCUT2D eigenvalue weighted by molar-refractivity contribution is -0.162. The number of hydrogen-bond acceptors (Lipinski definition) is 4. The summed E-state index contributed by atoms with van der Waals surface area (Å²) >= 11 is 0. The molecule has 0 aliphatic carbocycles. The second-order valence-corrected chi connectivity index (χ2v) is 2.39. The maximum Gasteiger partial charge on any atom is 0.332 e. The lowest BCUT2D eigenvalue weighted by atomic mass is 10.5. The standard InChI is InChI=1S/C8H16O4/c1-3-5-11-8(10)6-12-7(9)4-2/h7,9H,3-6H2,1-2H3. The molecule has 0 saturated carbocycles. The first kappa shape index (κ1) is 11.4. The third kappa shape index (κ3) is 6.12. The number of carbonyl (C=O) groups is 1. The molecule has 4 nitrogen and oxygen atoms in total. The second kappa shape index (κ2) is 7.06. The fourth-order valence-electron chi connectivity index (χ4n) is 0.540. The van der Waals surface area contributed by atoms with Gasteiger partial charge in [-0.15, -0.1) is 0 Å². The van der Waals surface area contributed by atoms with Crippen molar-refractivity contribution in [2.75, 3.05) is 13.2 Å². The van der Waals surface area contributed by atoms with E-state index in [1.165, 1.54) is 0 Å². The summed E-state index contributed by atoms with van der Waals surface area (Å²) in [5.41, 5.74) is 0. The van der Waals surface area contributed by atoms with Crippen LogP contribution in [0.4, 0.5) is 0 Å². The minimum Gasteiger partial charge on any atom is -0.464 e. The molecule has 0 aromatic rings. The first-order valence-corrected chi connectivity index (χ1v) is 4.16. The van der Waals surface area contributed by atoms with Crippen molar-refractivity contribution in [2.45, 2.75) is 33.0 Å². The maximum absolute atomic E-state index is 10.8. The fraction of sp³-hybridized carbons (Fsp3) is 0.875. The van der Waals surface area contributed by atoms with E-state index in [1.54, 1.807) is 6.92 Å². The molecule has 0 saturated heterocycles. The predicted octanol–water partition coefficient (Wildman–Crippen LogP) is 0.685. The average molecular weight is 176 g/mol. The Morgan fingerprint density at radius 1 is 1.50 bits per heavy atom. The van der Waals surface area contributed by atoms with E-state index in [2.05, 4.69) is 0 Å². The van der Waals surface area contributed by atoms with E-state index in [9.17, 15) is 4.79 Å². The van der Waals surface area contributed by atoms with Crippen LogP contribution in [0.25, 0.3) is 0 Å². The van der Waals surface area contributed by atoms with E-state index in [-0.39, 0.29) is 6.61 Å². The smallest absolute Gasteiger partial charge is 0.332 e. The van der Waals surface area contributed by atoms with Crippen molar-refractivity contribution in [2.24, 2.45) is 0 Å². The Bertz CT molecular complexity index is 124. The van der Waals surface area contributed by atoms with Gasteiger partial charge in [0.2, 0.25) is 0 Å². The molecule has 0 spiro atoms. The first-order valence-electron chi connectivity index (χ1n) is 4.16. The fourth-order valence-corrected chi connectivity index (χ4v) is 0.540. The molecule has 1 N–H and O–H groups in total. The Morgan fingerprint density at radius 3 is 2.67 bits per heavy atom. The van der Waals surface area contributed by atoms with Crippen LogP contribution < -0.4 is 0 Å². The summed E-state index contributed by atoms with van der Waals surface area (Å²) in [6.45, 7) is 3.91. The number of rotatable bonds is 6. The van der Waals surface area contributed by atoms with Gasteiger partial charge in [-0.25, -0.2) is 4.79 Å². The van der Waals surface area contributed by atoms with Gasteiger partial charge in [-0.1, -0.05) is 13.8 Å². The summed E-state index contributed by atoms with van der Waals surface area (Å²) in [5.74, 6) is -0.427. The summed E-state index contributed by atoms with van der Waals surface area (Å²) in [6.07, 6.45) is 0.405. The Balaban J connectivity index is 3.31. The lowest BCUT2D eigenvalue weighted by Crippen LogP contribution is -2.19. The third-order valence-electron chi connectivity index (χ3n) is 1.21. The van der Waals surface area contributed by atoms with Crippen molar-refractivity contribution in [1.82, 2.24) is 0 Å². The molecule has 1 unspecified atom stereocenters. The summed E-state index contributed by atoms with van der Waals surface area (Å²) in [7, 11) is 0.